The first kappa shape index (κ1) is 19.2. The monoisotopic (exact) mass is 372 g/mol. The molecule has 1 aliphatic heterocycles. The summed E-state index contributed by atoms with van der Waals surface area (Å²) >= 11 is 0. The highest BCUT2D eigenvalue weighted by atomic mass is 16.5. The van der Waals surface area contributed by atoms with Gasteiger partial charge in [-0.3, -0.25) is 9.78 Å². The smallest absolute Gasteiger partial charge is 0.255 e. The number of methoxy groups -OCH3 is 2. The van der Waals surface area contributed by atoms with Crippen molar-refractivity contribution in [1.29, 1.82) is 0 Å². The van der Waals surface area contributed by atoms with Crippen LogP contribution in [0.25, 0.3) is 0 Å². The van der Waals surface area contributed by atoms with Crippen molar-refractivity contribution in [3.63, 3.8) is 0 Å². The minimum atomic E-state index is -0.0517. The van der Waals surface area contributed by atoms with Crippen LogP contribution in [0.5, 0.6) is 5.75 Å². The lowest BCUT2D eigenvalue weighted by Gasteiger charge is -2.36. The number of aromatic amines is 1. The molecule has 0 saturated carbocycles. The van der Waals surface area contributed by atoms with Crippen LogP contribution in [0.3, 0.4) is 0 Å². The second kappa shape index (κ2) is 8.90. The van der Waals surface area contributed by atoms with Gasteiger partial charge in [0.1, 0.15) is 5.75 Å². The number of hydrogen-bond acceptors (Lipinski definition) is 6. The van der Waals surface area contributed by atoms with E-state index in [0.717, 1.165) is 55.3 Å². The predicted molar refractivity (Wildman–Crippen MR) is 107 cm³/mol. The van der Waals surface area contributed by atoms with E-state index in [9.17, 15) is 4.79 Å². The van der Waals surface area contributed by atoms with E-state index in [2.05, 4.69) is 27.8 Å². The molecule has 0 unspecified atom stereocenters. The summed E-state index contributed by atoms with van der Waals surface area (Å²) in [4.78, 5) is 24.6. The Morgan fingerprint density at radius 2 is 1.89 bits per heavy atom. The van der Waals surface area contributed by atoms with Gasteiger partial charge in [0.25, 0.3) is 5.56 Å². The van der Waals surface area contributed by atoms with Crippen LogP contribution >= 0.6 is 0 Å². The van der Waals surface area contributed by atoms with Crippen LogP contribution in [0, 0.1) is 0 Å². The summed E-state index contributed by atoms with van der Waals surface area (Å²) in [5.74, 6) is 1.49. The van der Waals surface area contributed by atoms with Crippen LogP contribution in [0.4, 0.5) is 11.6 Å². The number of piperazine rings is 1. The molecule has 7 heteroatoms. The molecule has 3 rings (SSSR count). The van der Waals surface area contributed by atoms with E-state index in [1.54, 1.807) is 14.2 Å². The SMILES string of the molecule is CCCc1c(COC)nc(N2CCN(c3cccc(OC)c3)CC2)[nH]c1=O. The number of ether oxygens (including phenoxy) is 2. The summed E-state index contributed by atoms with van der Waals surface area (Å²) < 4.78 is 10.6. The first-order valence-electron chi connectivity index (χ1n) is 9.41. The minimum absolute atomic E-state index is 0.0517. The van der Waals surface area contributed by atoms with E-state index in [-0.39, 0.29) is 5.56 Å². The van der Waals surface area contributed by atoms with Gasteiger partial charge in [-0.05, 0) is 18.6 Å². The van der Waals surface area contributed by atoms with Gasteiger partial charge in [-0.2, -0.15) is 0 Å². The van der Waals surface area contributed by atoms with Crippen LogP contribution < -0.4 is 20.1 Å². The highest BCUT2D eigenvalue weighted by Gasteiger charge is 2.21. The number of aromatic nitrogens is 2. The number of hydrogen-bond donors (Lipinski definition) is 1. The zero-order valence-corrected chi connectivity index (χ0v) is 16.3. The fraction of sp³-hybridized carbons (Fsp3) is 0.500. The number of nitrogens with zero attached hydrogens (tertiary/aromatic N) is 3. The molecule has 0 amide bonds. The lowest BCUT2D eigenvalue weighted by molar-refractivity contribution is 0.180. The second-order valence-electron chi connectivity index (χ2n) is 6.67. The molecule has 1 aromatic heterocycles. The third-order valence-corrected chi connectivity index (χ3v) is 4.87. The average Bonchev–Trinajstić information content (AvgIpc) is 2.71. The van der Waals surface area contributed by atoms with Gasteiger partial charge in [-0.1, -0.05) is 19.4 Å². The minimum Gasteiger partial charge on any atom is -0.497 e. The zero-order valence-electron chi connectivity index (χ0n) is 16.3. The Morgan fingerprint density at radius 1 is 1.15 bits per heavy atom. The van der Waals surface area contributed by atoms with Crippen LogP contribution in [0.15, 0.2) is 29.1 Å². The van der Waals surface area contributed by atoms with Crippen molar-refractivity contribution in [2.75, 3.05) is 50.2 Å². The van der Waals surface area contributed by atoms with Crippen molar-refractivity contribution in [2.45, 2.75) is 26.4 Å². The molecule has 0 bridgehead atoms. The number of anilines is 2. The number of rotatable bonds is 7. The molecule has 7 nitrogen and oxygen atoms in total. The van der Waals surface area contributed by atoms with Crippen molar-refractivity contribution >= 4 is 11.6 Å². The van der Waals surface area contributed by atoms with Crippen molar-refractivity contribution < 1.29 is 9.47 Å². The van der Waals surface area contributed by atoms with Crippen LogP contribution in [0.1, 0.15) is 24.6 Å². The third kappa shape index (κ3) is 4.42. The molecule has 2 heterocycles. The van der Waals surface area contributed by atoms with Gasteiger partial charge in [0.05, 0.1) is 19.4 Å². The fourth-order valence-corrected chi connectivity index (χ4v) is 3.43. The van der Waals surface area contributed by atoms with E-state index in [0.29, 0.717) is 19.0 Å². The first-order valence-corrected chi connectivity index (χ1v) is 9.41. The van der Waals surface area contributed by atoms with Gasteiger partial charge < -0.3 is 19.3 Å². The van der Waals surface area contributed by atoms with E-state index >= 15 is 0 Å². The molecule has 1 aromatic carbocycles. The van der Waals surface area contributed by atoms with E-state index in [4.69, 9.17) is 14.5 Å². The van der Waals surface area contributed by atoms with Gasteiger partial charge in [0, 0.05) is 50.6 Å². The Balaban J connectivity index is 1.74. The fourth-order valence-electron chi connectivity index (χ4n) is 3.43. The summed E-state index contributed by atoms with van der Waals surface area (Å²) in [6.45, 7) is 5.71. The van der Waals surface area contributed by atoms with E-state index in [1.165, 1.54) is 0 Å². The van der Waals surface area contributed by atoms with Gasteiger partial charge in [0.15, 0.2) is 0 Å². The molecule has 1 aliphatic rings. The standard InChI is InChI=1S/C20H28N4O3/c1-4-6-17-18(14-26-2)21-20(22-19(17)25)24-11-9-23(10-12-24)15-7-5-8-16(13-15)27-3/h5,7-8,13H,4,6,9-12,14H2,1-3H3,(H,21,22,25). The lowest BCUT2D eigenvalue weighted by atomic mass is 10.1. The Morgan fingerprint density at radius 3 is 2.56 bits per heavy atom. The number of H-pyrrole nitrogens is 1. The second-order valence-corrected chi connectivity index (χ2v) is 6.67. The van der Waals surface area contributed by atoms with Crippen LogP contribution in [-0.4, -0.2) is 50.4 Å². The Kier molecular flexibility index (Phi) is 6.34. The van der Waals surface area contributed by atoms with Gasteiger partial charge in [-0.15, -0.1) is 0 Å². The number of nitrogens with one attached hydrogen (secondary N) is 1. The molecule has 1 fully saturated rings. The summed E-state index contributed by atoms with van der Waals surface area (Å²) in [7, 11) is 3.31. The molecule has 1 N–H and O–H groups in total. The molecule has 0 radical (unpaired) electrons. The maximum Gasteiger partial charge on any atom is 0.255 e. The molecule has 0 spiro atoms. The van der Waals surface area contributed by atoms with Gasteiger partial charge in [-0.25, -0.2) is 4.98 Å². The molecule has 1 saturated heterocycles. The molecule has 2 aromatic rings. The van der Waals surface area contributed by atoms with Crippen LogP contribution in [-0.2, 0) is 17.8 Å². The van der Waals surface area contributed by atoms with Crippen molar-refractivity contribution in [2.24, 2.45) is 0 Å². The van der Waals surface area contributed by atoms with E-state index in [1.807, 2.05) is 18.2 Å². The molecule has 0 aliphatic carbocycles. The first-order chi connectivity index (χ1) is 13.2. The Hall–Kier alpha value is -2.54. The Bertz CT molecular complexity index is 813. The highest BCUT2D eigenvalue weighted by molar-refractivity contribution is 5.52. The topological polar surface area (TPSA) is 70.7 Å². The summed E-state index contributed by atoms with van der Waals surface area (Å²) in [5, 5.41) is 0. The Labute approximate surface area is 159 Å². The van der Waals surface area contributed by atoms with Crippen molar-refractivity contribution in [3.05, 3.63) is 45.9 Å². The summed E-state index contributed by atoms with van der Waals surface area (Å²) in [6.07, 6.45) is 1.62. The van der Waals surface area contributed by atoms with Crippen LogP contribution in [0.2, 0.25) is 0 Å². The van der Waals surface area contributed by atoms with Crippen molar-refractivity contribution in [3.8, 4) is 5.75 Å². The average molecular weight is 372 g/mol. The molecule has 0 atom stereocenters. The zero-order chi connectivity index (χ0) is 19.2. The van der Waals surface area contributed by atoms with Gasteiger partial charge in [0.2, 0.25) is 5.95 Å². The van der Waals surface area contributed by atoms with Crippen molar-refractivity contribution in [1.82, 2.24) is 9.97 Å². The third-order valence-electron chi connectivity index (χ3n) is 4.87. The lowest BCUT2D eigenvalue weighted by Crippen LogP contribution is -2.47. The molecular weight excluding hydrogens is 344 g/mol. The maximum absolute atomic E-state index is 12.5. The van der Waals surface area contributed by atoms with E-state index < -0.39 is 0 Å². The molecular formula is C20H28N4O3. The predicted octanol–water partition coefficient (Wildman–Crippen LogP) is 2.20. The number of benzene rings is 1. The molecule has 146 valence electrons. The molecule has 27 heavy (non-hydrogen) atoms. The maximum atomic E-state index is 12.5. The largest absolute Gasteiger partial charge is 0.497 e. The quantitative estimate of drug-likeness (QED) is 0.804. The normalized spacial score (nSPS) is 14.5. The highest BCUT2D eigenvalue weighted by Crippen LogP contribution is 2.23. The van der Waals surface area contributed by atoms with Gasteiger partial charge >= 0.3 is 0 Å². The summed E-state index contributed by atoms with van der Waals surface area (Å²) in [6, 6.07) is 8.09. The summed E-state index contributed by atoms with van der Waals surface area (Å²) in [5.41, 5.74) is 2.57.